The van der Waals surface area contributed by atoms with Gasteiger partial charge >= 0.3 is 0 Å². The normalized spacial score (nSPS) is 10.0. The minimum Gasteiger partial charge on any atom is -0.495 e. The second-order valence-electron chi connectivity index (χ2n) is 3.76. The Kier molecular flexibility index (Phi) is 3.55. The second-order valence-corrected chi connectivity index (χ2v) is 3.76. The Bertz CT molecular complexity index is 485. The predicted octanol–water partition coefficient (Wildman–Crippen LogP) is 2.41. The topological polar surface area (TPSA) is 47.0 Å². The molecule has 2 rings (SSSR count). The molecule has 0 amide bonds. The quantitative estimate of drug-likeness (QED) is 0.874. The zero-order valence-corrected chi connectivity index (χ0v) is 9.97. The van der Waals surface area contributed by atoms with Gasteiger partial charge in [-0.2, -0.15) is 0 Å². The summed E-state index contributed by atoms with van der Waals surface area (Å²) in [6.07, 6.45) is 3.28. The van der Waals surface area contributed by atoms with Crippen LogP contribution in [0.3, 0.4) is 0 Å². The lowest BCUT2D eigenvalue weighted by atomic mass is 10.2. The van der Waals surface area contributed by atoms with Gasteiger partial charge in [-0.1, -0.05) is 6.07 Å². The molecular formula is C13H15N3O. The monoisotopic (exact) mass is 229 g/mol. The van der Waals surface area contributed by atoms with Crippen molar-refractivity contribution in [1.29, 1.82) is 0 Å². The van der Waals surface area contributed by atoms with E-state index in [4.69, 9.17) is 4.74 Å². The molecule has 17 heavy (non-hydrogen) atoms. The Labute approximate surface area is 101 Å². The molecule has 0 spiro atoms. The van der Waals surface area contributed by atoms with Gasteiger partial charge in [0, 0.05) is 6.20 Å². The molecule has 0 unspecified atom stereocenters. The molecule has 4 nitrogen and oxygen atoms in total. The van der Waals surface area contributed by atoms with Gasteiger partial charge in [0.05, 0.1) is 25.0 Å². The number of aromatic nitrogens is 2. The number of nitrogens with zero attached hydrogens (tertiary/aromatic N) is 2. The number of ether oxygens (including phenoxy) is 1. The van der Waals surface area contributed by atoms with Crippen molar-refractivity contribution in [2.45, 2.75) is 13.5 Å². The average molecular weight is 229 g/mol. The van der Waals surface area contributed by atoms with Crippen LogP contribution in [0.2, 0.25) is 0 Å². The predicted molar refractivity (Wildman–Crippen MR) is 67.1 cm³/mol. The molecule has 0 fully saturated rings. The number of hydrogen-bond acceptors (Lipinski definition) is 4. The van der Waals surface area contributed by atoms with Crippen molar-refractivity contribution >= 4 is 5.69 Å². The molecule has 88 valence electrons. The molecule has 1 N–H and O–H groups in total. The first-order valence-electron chi connectivity index (χ1n) is 5.43. The van der Waals surface area contributed by atoms with Crippen LogP contribution in [-0.4, -0.2) is 17.1 Å². The van der Waals surface area contributed by atoms with Gasteiger partial charge in [-0.25, -0.2) is 9.97 Å². The van der Waals surface area contributed by atoms with E-state index in [1.165, 1.54) is 5.56 Å². The van der Waals surface area contributed by atoms with Gasteiger partial charge in [0.15, 0.2) is 0 Å². The van der Waals surface area contributed by atoms with E-state index in [-0.39, 0.29) is 0 Å². The van der Waals surface area contributed by atoms with Crippen LogP contribution in [0.25, 0.3) is 0 Å². The van der Waals surface area contributed by atoms with E-state index < -0.39 is 0 Å². The summed E-state index contributed by atoms with van der Waals surface area (Å²) in [5, 5.41) is 3.29. The summed E-state index contributed by atoms with van der Waals surface area (Å²) in [5.41, 5.74) is 3.09. The van der Waals surface area contributed by atoms with Crippen LogP contribution >= 0.6 is 0 Å². The van der Waals surface area contributed by atoms with Crippen molar-refractivity contribution in [2.75, 3.05) is 12.4 Å². The molecule has 0 atom stereocenters. The lowest BCUT2D eigenvalue weighted by Gasteiger charge is -2.11. The lowest BCUT2D eigenvalue weighted by Crippen LogP contribution is -2.03. The molecule has 0 saturated heterocycles. The molecule has 0 bridgehead atoms. The molecular weight excluding hydrogens is 214 g/mol. The highest BCUT2D eigenvalue weighted by Gasteiger charge is 2.02. The molecule has 0 radical (unpaired) electrons. The van der Waals surface area contributed by atoms with Crippen LogP contribution in [0, 0.1) is 6.92 Å². The fourth-order valence-corrected chi connectivity index (χ4v) is 1.55. The standard InChI is InChI=1S/C13H15N3O/c1-10-3-4-12(13(7-10)17-2)15-8-11-5-6-14-9-16-11/h3-7,9,15H,8H2,1-2H3. The minimum absolute atomic E-state index is 0.655. The number of nitrogens with one attached hydrogen (secondary N) is 1. The van der Waals surface area contributed by atoms with Crippen LogP contribution in [0.1, 0.15) is 11.3 Å². The molecule has 1 aromatic heterocycles. The van der Waals surface area contributed by atoms with Crippen molar-refractivity contribution in [1.82, 2.24) is 9.97 Å². The second kappa shape index (κ2) is 5.30. The summed E-state index contributed by atoms with van der Waals surface area (Å²) in [5.74, 6) is 0.846. The summed E-state index contributed by atoms with van der Waals surface area (Å²) < 4.78 is 5.32. The molecule has 2 aromatic rings. The number of methoxy groups -OCH3 is 1. The van der Waals surface area contributed by atoms with Crippen LogP contribution < -0.4 is 10.1 Å². The molecule has 0 aliphatic rings. The molecule has 1 heterocycles. The van der Waals surface area contributed by atoms with E-state index in [2.05, 4.69) is 15.3 Å². The Morgan fingerprint density at radius 2 is 2.18 bits per heavy atom. The van der Waals surface area contributed by atoms with E-state index >= 15 is 0 Å². The third-order valence-corrected chi connectivity index (χ3v) is 2.46. The molecule has 0 saturated carbocycles. The molecule has 0 aliphatic carbocycles. The third-order valence-electron chi connectivity index (χ3n) is 2.46. The zero-order chi connectivity index (χ0) is 12.1. The Morgan fingerprint density at radius 1 is 1.29 bits per heavy atom. The molecule has 0 aliphatic heterocycles. The first kappa shape index (κ1) is 11.4. The summed E-state index contributed by atoms with van der Waals surface area (Å²) in [7, 11) is 1.67. The fraction of sp³-hybridized carbons (Fsp3) is 0.231. The molecule has 4 heteroatoms. The number of hydrogen-bond donors (Lipinski definition) is 1. The van der Waals surface area contributed by atoms with Gasteiger partial charge in [0.1, 0.15) is 12.1 Å². The zero-order valence-electron chi connectivity index (χ0n) is 9.97. The van der Waals surface area contributed by atoms with Gasteiger partial charge in [-0.15, -0.1) is 0 Å². The summed E-state index contributed by atoms with van der Waals surface area (Å²) in [6.45, 7) is 2.69. The number of aryl methyl sites for hydroxylation is 1. The van der Waals surface area contributed by atoms with Crippen molar-refractivity contribution in [3.05, 3.63) is 48.0 Å². The van der Waals surface area contributed by atoms with Gasteiger partial charge in [-0.3, -0.25) is 0 Å². The van der Waals surface area contributed by atoms with Crippen LogP contribution in [0.5, 0.6) is 5.75 Å². The average Bonchev–Trinajstić information content (AvgIpc) is 2.38. The maximum absolute atomic E-state index is 5.32. The first-order valence-corrected chi connectivity index (χ1v) is 5.43. The number of anilines is 1. The van der Waals surface area contributed by atoms with Gasteiger partial charge in [-0.05, 0) is 30.7 Å². The van der Waals surface area contributed by atoms with Crippen molar-refractivity contribution in [2.24, 2.45) is 0 Å². The van der Waals surface area contributed by atoms with E-state index in [0.29, 0.717) is 6.54 Å². The first-order chi connectivity index (χ1) is 8.29. The van der Waals surface area contributed by atoms with E-state index in [1.807, 2.05) is 31.2 Å². The van der Waals surface area contributed by atoms with Gasteiger partial charge in [0.25, 0.3) is 0 Å². The van der Waals surface area contributed by atoms with Crippen LogP contribution in [-0.2, 0) is 6.54 Å². The fourth-order valence-electron chi connectivity index (χ4n) is 1.55. The highest BCUT2D eigenvalue weighted by Crippen LogP contribution is 2.25. The van der Waals surface area contributed by atoms with E-state index in [0.717, 1.165) is 17.1 Å². The highest BCUT2D eigenvalue weighted by molar-refractivity contribution is 5.57. The van der Waals surface area contributed by atoms with E-state index in [9.17, 15) is 0 Å². The molecule has 1 aromatic carbocycles. The van der Waals surface area contributed by atoms with Gasteiger partial charge in [0.2, 0.25) is 0 Å². The van der Waals surface area contributed by atoms with E-state index in [1.54, 1.807) is 19.6 Å². The van der Waals surface area contributed by atoms with Crippen molar-refractivity contribution < 1.29 is 4.74 Å². The van der Waals surface area contributed by atoms with Crippen molar-refractivity contribution in [3.8, 4) is 5.75 Å². The summed E-state index contributed by atoms with van der Waals surface area (Å²) in [4.78, 5) is 8.03. The maximum atomic E-state index is 5.32. The smallest absolute Gasteiger partial charge is 0.142 e. The van der Waals surface area contributed by atoms with Gasteiger partial charge < -0.3 is 10.1 Å². The SMILES string of the molecule is COc1cc(C)ccc1NCc1ccncn1. The maximum Gasteiger partial charge on any atom is 0.142 e. The van der Waals surface area contributed by atoms with Crippen molar-refractivity contribution in [3.63, 3.8) is 0 Å². The summed E-state index contributed by atoms with van der Waals surface area (Å²) >= 11 is 0. The largest absolute Gasteiger partial charge is 0.495 e. The van der Waals surface area contributed by atoms with Crippen LogP contribution in [0.15, 0.2) is 36.8 Å². The van der Waals surface area contributed by atoms with Crippen LogP contribution in [0.4, 0.5) is 5.69 Å². The summed E-state index contributed by atoms with van der Waals surface area (Å²) in [6, 6.07) is 7.94. The highest BCUT2D eigenvalue weighted by atomic mass is 16.5. The number of benzene rings is 1. The minimum atomic E-state index is 0.655. The Morgan fingerprint density at radius 3 is 2.88 bits per heavy atom. The lowest BCUT2D eigenvalue weighted by molar-refractivity contribution is 0.416. The third kappa shape index (κ3) is 2.93. The Hall–Kier alpha value is -2.10. The Balaban J connectivity index is 2.09. The number of rotatable bonds is 4.